The molecule has 3 aliphatic rings. The Hall–Kier alpha value is -1.74. The zero-order chi connectivity index (χ0) is 16.0. The van der Waals surface area contributed by atoms with Crippen molar-refractivity contribution >= 4 is 0 Å². The number of ether oxygens (including phenoxy) is 2. The molecule has 23 heavy (non-hydrogen) atoms. The number of benzene rings is 1. The van der Waals surface area contributed by atoms with Crippen LogP contribution in [0.5, 0.6) is 0 Å². The van der Waals surface area contributed by atoms with Crippen molar-refractivity contribution in [3.05, 3.63) is 59.1 Å². The first-order chi connectivity index (χ1) is 11.2. The molecule has 3 heteroatoms. The van der Waals surface area contributed by atoms with Gasteiger partial charge in [0.1, 0.15) is 0 Å². The fraction of sp³-hybridized carbons (Fsp3) is 0.500. The Morgan fingerprint density at radius 2 is 1.87 bits per heavy atom. The summed E-state index contributed by atoms with van der Waals surface area (Å²) in [6, 6.07) is 11.5. The highest BCUT2D eigenvalue weighted by Gasteiger charge is 2.50. The van der Waals surface area contributed by atoms with Gasteiger partial charge in [-0.2, -0.15) is 0 Å². The number of allylic oxidation sites excluding steroid dienone is 1. The minimum absolute atomic E-state index is 0.433. The molecular formula is C20H25NO2. The quantitative estimate of drug-likeness (QED) is 0.852. The van der Waals surface area contributed by atoms with E-state index in [2.05, 4.69) is 48.4 Å². The maximum atomic E-state index is 5.83. The highest BCUT2D eigenvalue weighted by Crippen LogP contribution is 2.55. The molecule has 4 rings (SSSR count). The van der Waals surface area contributed by atoms with Crippen molar-refractivity contribution in [2.75, 3.05) is 27.8 Å². The highest BCUT2D eigenvalue weighted by atomic mass is 16.5. The van der Waals surface area contributed by atoms with Crippen molar-refractivity contribution in [3.63, 3.8) is 0 Å². The maximum absolute atomic E-state index is 5.83. The molecule has 4 unspecified atom stereocenters. The molecule has 1 heterocycles. The molecule has 0 bridgehead atoms. The Balaban J connectivity index is 1.86. The van der Waals surface area contributed by atoms with E-state index in [1.807, 2.05) is 0 Å². The minimum Gasteiger partial charge on any atom is -0.493 e. The number of hydrogen-bond acceptors (Lipinski definition) is 3. The summed E-state index contributed by atoms with van der Waals surface area (Å²) < 4.78 is 11.5. The smallest absolute Gasteiger partial charge is 0.160 e. The summed E-state index contributed by atoms with van der Waals surface area (Å²) in [4.78, 5) is 2.54. The zero-order valence-electron chi connectivity index (χ0n) is 14.2. The molecule has 2 aliphatic carbocycles. The van der Waals surface area contributed by atoms with Crippen LogP contribution in [0.2, 0.25) is 0 Å². The molecule has 1 aliphatic heterocycles. The third kappa shape index (κ3) is 2.21. The van der Waals surface area contributed by atoms with Gasteiger partial charge in [0.2, 0.25) is 0 Å². The molecule has 2 fully saturated rings. The molecule has 1 saturated heterocycles. The molecule has 0 N–H and O–H groups in total. The van der Waals surface area contributed by atoms with Crippen molar-refractivity contribution < 1.29 is 9.47 Å². The van der Waals surface area contributed by atoms with E-state index in [-0.39, 0.29) is 0 Å². The molecule has 0 aromatic heterocycles. The van der Waals surface area contributed by atoms with Crippen molar-refractivity contribution in [2.45, 2.75) is 24.8 Å². The first kappa shape index (κ1) is 14.8. The van der Waals surface area contributed by atoms with E-state index in [1.54, 1.807) is 14.2 Å². The molecule has 122 valence electrons. The van der Waals surface area contributed by atoms with E-state index in [0.29, 0.717) is 23.8 Å². The second-order valence-electron chi connectivity index (χ2n) is 6.95. The summed E-state index contributed by atoms with van der Waals surface area (Å²) in [5, 5.41) is 0. The van der Waals surface area contributed by atoms with Crippen LogP contribution < -0.4 is 0 Å². The summed E-state index contributed by atoms with van der Waals surface area (Å²) in [5.41, 5.74) is 2.86. The summed E-state index contributed by atoms with van der Waals surface area (Å²) in [7, 11) is 5.80. The Labute approximate surface area is 138 Å². The fourth-order valence-electron chi connectivity index (χ4n) is 4.91. The summed E-state index contributed by atoms with van der Waals surface area (Å²) >= 11 is 0. The normalized spacial score (nSPS) is 33.3. The van der Waals surface area contributed by atoms with E-state index in [1.165, 1.54) is 24.0 Å². The lowest BCUT2D eigenvalue weighted by atomic mass is 9.74. The number of piperidine rings is 1. The van der Waals surface area contributed by atoms with Crippen LogP contribution in [0.1, 0.15) is 24.3 Å². The fourth-order valence-corrected chi connectivity index (χ4v) is 4.91. The molecule has 1 aromatic carbocycles. The topological polar surface area (TPSA) is 21.7 Å². The van der Waals surface area contributed by atoms with Gasteiger partial charge in [0.05, 0.1) is 14.2 Å². The number of nitrogens with zero attached hydrogens (tertiary/aromatic N) is 1. The second kappa shape index (κ2) is 5.72. The van der Waals surface area contributed by atoms with Crippen molar-refractivity contribution in [2.24, 2.45) is 11.8 Å². The van der Waals surface area contributed by atoms with Gasteiger partial charge in [0, 0.05) is 17.9 Å². The lowest BCUT2D eigenvalue weighted by Gasteiger charge is -2.42. The van der Waals surface area contributed by atoms with Gasteiger partial charge < -0.3 is 14.4 Å². The van der Waals surface area contributed by atoms with Crippen LogP contribution in [-0.2, 0) is 9.47 Å². The molecule has 1 aromatic rings. The Kier molecular flexibility index (Phi) is 3.68. The second-order valence-corrected chi connectivity index (χ2v) is 6.95. The van der Waals surface area contributed by atoms with Gasteiger partial charge in [0.25, 0.3) is 0 Å². The predicted molar refractivity (Wildman–Crippen MR) is 90.9 cm³/mol. The number of likely N-dealkylation sites (tertiary alicyclic amines) is 1. The summed E-state index contributed by atoms with van der Waals surface area (Å²) in [6.07, 6.45) is 4.68. The van der Waals surface area contributed by atoms with Gasteiger partial charge in [-0.05, 0) is 49.6 Å². The van der Waals surface area contributed by atoms with Crippen LogP contribution in [0.15, 0.2) is 53.5 Å². The SMILES string of the molecule is COC1=CC2CCN(C)C3CC(c4ccccc4)C(=C1OC)C23. The maximum Gasteiger partial charge on any atom is 0.160 e. The minimum atomic E-state index is 0.433. The van der Waals surface area contributed by atoms with Crippen LogP contribution in [0.3, 0.4) is 0 Å². The van der Waals surface area contributed by atoms with Gasteiger partial charge in [-0.1, -0.05) is 30.3 Å². The zero-order valence-corrected chi connectivity index (χ0v) is 14.2. The van der Waals surface area contributed by atoms with Gasteiger partial charge in [-0.3, -0.25) is 0 Å². The standard InChI is InChI=1S/C20H25NO2/c1-21-10-9-14-11-17(22-2)20(23-3)19-15(12-16(21)18(14)19)13-7-5-4-6-8-13/h4-8,11,14-16,18H,9-10,12H2,1-3H3. The van der Waals surface area contributed by atoms with Crippen LogP contribution in [0.4, 0.5) is 0 Å². The number of hydrogen-bond donors (Lipinski definition) is 0. The van der Waals surface area contributed by atoms with Crippen LogP contribution in [0, 0.1) is 11.8 Å². The molecule has 0 radical (unpaired) electrons. The largest absolute Gasteiger partial charge is 0.493 e. The Morgan fingerprint density at radius 1 is 1.09 bits per heavy atom. The van der Waals surface area contributed by atoms with E-state index in [0.717, 1.165) is 18.1 Å². The third-order valence-corrected chi connectivity index (χ3v) is 5.95. The van der Waals surface area contributed by atoms with Gasteiger partial charge in [-0.15, -0.1) is 0 Å². The summed E-state index contributed by atoms with van der Waals surface area (Å²) in [5.74, 6) is 3.47. The predicted octanol–water partition coefficient (Wildman–Crippen LogP) is 3.55. The monoisotopic (exact) mass is 311 g/mol. The Bertz CT molecular complexity index is 649. The molecule has 0 spiro atoms. The van der Waals surface area contributed by atoms with Crippen molar-refractivity contribution in [1.29, 1.82) is 0 Å². The van der Waals surface area contributed by atoms with E-state index in [9.17, 15) is 0 Å². The third-order valence-electron chi connectivity index (χ3n) is 5.95. The first-order valence-electron chi connectivity index (χ1n) is 8.54. The molecule has 4 atom stereocenters. The molecule has 0 amide bonds. The van der Waals surface area contributed by atoms with Crippen LogP contribution >= 0.6 is 0 Å². The summed E-state index contributed by atoms with van der Waals surface area (Å²) in [6.45, 7) is 1.16. The Morgan fingerprint density at radius 3 is 2.57 bits per heavy atom. The van der Waals surface area contributed by atoms with E-state index < -0.39 is 0 Å². The molecule has 1 saturated carbocycles. The van der Waals surface area contributed by atoms with Gasteiger partial charge >= 0.3 is 0 Å². The molecule has 3 nitrogen and oxygen atoms in total. The lowest BCUT2D eigenvalue weighted by molar-refractivity contribution is 0.112. The first-order valence-corrected chi connectivity index (χ1v) is 8.54. The number of methoxy groups -OCH3 is 2. The van der Waals surface area contributed by atoms with Crippen LogP contribution in [0.25, 0.3) is 0 Å². The van der Waals surface area contributed by atoms with Gasteiger partial charge in [0.15, 0.2) is 11.5 Å². The van der Waals surface area contributed by atoms with Crippen LogP contribution in [-0.4, -0.2) is 38.8 Å². The van der Waals surface area contributed by atoms with Gasteiger partial charge in [-0.25, -0.2) is 0 Å². The average Bonchev–Trinajstić information content (AvgIpc) is 3.00. The van der Waals surface area contributed by atoms with E-state index in [4.69, 9.17) is 9.47 Å². The van der Waals surface area contributed by atoms with Crippen molar-refractivity contribution in [3.8, 4) is 0 Å². The number of rotatable bonds is 3. The van der Waals surface area contributed by atoms with Crippen molar-refractivity contribution in [1.82, 2.24) is 4.90 Å². The van der Waals surface area contributed by atoms with E-state index >= 15 is 0 Å². The highest BCUT2D eigenvalue weighted by molar-refractivity contribution is 5.45. The average molecular weight is 311 g/mol. The lowest BCUT2D eigenvalue weighted by Crippen LogP contribution is -2.45. The molecular weight excluding hydrogens is 286 g/mol.